The number of nitrogens with zero attached hydrogens (tertiary/aromatic N) is 3. The van der Waals surface area contributed by atoms with Crippen LogP contribution in [0.1, 0.15) is 22.7 Å². The quantitative estimate of drug-likeness (QED) is 0.912. The van der Waals surface area contributed by atoms with Crippen LogP contribution < -0.4 is 4.90 Å². The van der Waals surface area contributed by atoms with E-state index in [9.17, 15) is 9.90 Å². The minimum absolute atomic E-state index is 0.416. The van der Waals surface area contributed by atoms with Gasteiger partial charge in [-0.05, 0) is 25.0 Å². The Labute approximate surface area is 124 Å². The summed E-state index contributed by atoms with van der Waals surface area (Å²) in [4.78, 5) is 21.8. The molecule has 1 N–H and O–H groups in total. The summed E-state index contributed by atoms with van der Waals surface area (Å²) in [6.07, 6.45) is 2.02. The summed E-state index contributed by atoms with van der Waals surface area (Å²) < 4.78 is 0. The smallest absolute Gasteiger partial charge is 0.312 e. The molecule has 0 aliphatic rings. The summed E-state index contributed by atoms with van der Waals surface area (Å²) in [6, 6.07) is 9.55. The molecule has 21 heavy (non-hydrogen) atoms. The number of aromatic nitrogens is 2. The number of carbonyl (C=O) groups is 1. The van der Waals surface area contributed by atoms with Crippen LogP contribution in [-0.4, -0.2) is 35.1 Å². The molecule has 0 aliphatic heterocycles. The fourth-order valence-corrected chi connectivity index (χ4v) is 2.05. The first kappa shape index (κ1) is 15.0. The van der Waals surface area contributed by atoms with Crippen molar-refractivity contribution in [2.45, 2.75) is 19.3 Å². The molecule has 2 rings (SSSR count). The molecule has 1 unspecified atom stereocenters. The second-order valence-electron chi connectivity index (χ2n) is 5.26. The minimum atomic E-state index is -0.876. The van der Waals surface area contributed by atoms with E-state index in [1.165, 1.54) is 0 Å². The molecule has 0 radical (unpaired) electrons. The Morgan fingerprint density at radius 3 is 2.48 bits per heavy atom. The molecule has 0 spiro atoms. The Bertz CT molecular complexity index is 624. The average Bonchev–Trinajstić information content (AvgIpc) is 2.46. The molecular formula is C16H19N3O2. The Hall–Kier alpha value is -2.43. The molecule has 5 heteroatoms. The number of rotatable bonds is 5. The van der Waals surface area contributed by atoms with Crippen LogP contribution in [0.5, 0.6) is 0 Å². The fraction of sp³-hybridized carbons (Fsp3) is 0.312. The van der Waals surface area contributed by atoms with Gasteiger partial charge >= 0.3 is 5.97 Å². The van der Waals surface area contributed by atoms with Crippen LogP contribution in [0.25, 0.3) is 0 Å². The van der Waals surface area contributed by atoms with Crippen molar-refractivity contribution in [3.05, 3.63) is 53.3 Å². The zero-order chi connectivity index (χ0) is 15.4. The zero-order valence-corrected chi connectivity index (χ0v) is 12.4. The first-order valence-corrected chi connectivity index (χ1v) is 6.76. The molecule has 1 atom stereocenters. The van der Waals surface area contributed by atoms with Crippen LogP contribution in [0, 0.1) is 6.92 Å². The predicted molar refractivity (Wildman–Crippen MR) is 81.6 cm³/mol. The lowest BCUT2D eigenvalue weighted by molar-refractivity contribution is -0.138. The molecule has 0 aliphatic carbocycles. The largest absolute Gasteiger partial charge is 0.481 e. The molecule has 110 valence electrons. The first-order valence-electron chi connectivity index (χ1n) is 6.76. The van der Waals surface area contributed by atoms with E-state index >= 15 is 0 Å². The molecule has 0 saturated carbocycles. The van der Waals surface area contributed by atoms with Crippen LogP contribution in [0.2, 0.25) is 0 Å². The lowest BCUT2D eigenvalue weighted by Crippen LogP contribution is -2.19. The zero-order valence-electron chi connectivity index (χ0n) is 12.4. The maximum atomic E-state index is 11.6. The molecule has 0 bridgehead atoms. The topological polar surface area (TPSA) is 66.3 Å². The molecule has 1 aromatic heterocycles. The molecular weight excluding hydrogens is 266 g/mol. The van der Waals surface area contributed by atoms with Gasteiger partial charge in [-0.25, -0.2) is 9.97 Å². The van der Waals surface area contributed by atoms with E-state index in [1.54, 1.807) is 17.2 Å². The Kier molecular flexibility index (Phi) is 4.52. The van der Waals surface area contributed by atoms with Crippen LogP contribution in [0.3, 0.4) is 0 Å². The van der Waals surface area contributed by atoms with E-state index < -0.39 is 11.9 Å². The standard InChI is InChI=1S/C16H19N3O2/c1-11-4-6-12(7-5-11)10-13(15(20)21)14-8-9-17-16(18-14)19(2)3/h4-9,13H,10H2,1-3H3,(H,20,21). The van der Waals surface area contributed by atoms with E-state index in [2.05, 4.69) is 9.97 Å². The van der Waals surface area contributed by atoms with Gasteiger partial charge in [-0.3, -0.25) is 4.79 Å². The third-order valence-electron chi connectivity index (χ3n) is 3.28. The summed E-state index contributed by atoms with van der Waals surface area (Å²) in [5.74, 6) is -1.03. The molecule has 5 nitrogen and oxygen atoms in total. The van der Waals surface area contributed by atoms with Gasteiger partial charge < -0.3 is 10.0 Å². The maximum Gasteiger partial charge on any atom is 0.312 e. The SMILES string of the molecule is Cc1ccc(CC(C(=O)O)c2ccnc(N(C)C)n2)cc1. The molecule has 0 saturated heterocycles. The highest BCUT2D eigenvalue weighted by Gasteiger charge is 2.22. The van der Waals surface area contributed by atoms with Crippen molar-refractivity contribution < 1.29 is 9.90 Å². The van der Waals surface area contributed by atoms with Gasteiger partial charge in [0.05, 0.1) is 5.69 Å². The van der Waals surface area contributed by atoms with Gasteiger partial charge in [0.2, 0.25) is 5.95 Å². The van der Waals surface area contributed by atoms with E-state index in [0.717, 1.165) is 11.1 Å². The van der Waals surface area contributed by atoms with Crippen molar-refractivity contribution in [1.82, 2.24) is 9.97 Å². The lowest BCUT2D eigenvalue weighted by atomic mass is 9.95. The number of aryl methyl sites for hydroxylation is 1. The highest BCUT2D eigenvalue weighted by Crippen LogP contribution is 2.21. The van der Waals surface area contributed by atoms with Crippen molar-refractivity contribution in [3.8, 4) is 0 Å². The van der Waals surface area contributed by atoms with Gasteiger partial charge in [0.25, 0.3) is 0 Å². The summed E-state index contributed by atoms with van der Waals surface area (Å²) in [5, 5.41) is 9.50. The van der Waals surface area contributed by atoms with Crippen molar-refractivity contribution in [2.75, 3.05) is 19.0 Å². The van der Waals surface area contributed by atoms with Gasteiger partial charge in [0.15, 0.2) is 0 Å². The lowest BCUT2D eigenvalue weighted by Gasteiger charge is -2.15. The number of aliphatic carboxylic acids is 1. The van der Waals surface area contributed by atoms with Gasteiger partial charge in [-0.1, -0.05) is 29.8 Å². The van der Waals surface area contributed by atoms with Gasteiger partial charge in [-0.15, -0.1) is 0 Å². The predicted octanol–water partition coefficient (Wildman–Crippen LogP) is 2.26. The monoisotopic (exact) mass is 285 g/mol. The summed E-state index contributed by atoms with van der Waals surface area (Å²) >= 11 is 0. The Morgan fingerprint density at radius 1 is 1.24 bits per heavy atom. The number of carboxylic acid groups (broad SMARTS) is 1. The molecule has 1 heterocycles. The third kappa shape index (κ3) is 3.78. The third-order valence-corrected chi connectivity index (χ3v) is 3.28. The average molecular weight is 285 g/mol. The Balaban J connectivity index is 2.28. The van der Waals surface area contributed by atoms with E-state index in [1.807, 2.05) is 45.3 Å². The number of hydrogen-bond acceptors (Lipinski definition) is 4. The maximum absolute atomic E-state index is 11.6. The Morgan fingerprint density at radius 2 is 1.90 bits per heavy atom. The fourth-order valence-electron chi connectivity index (χ4n) is 2.05. The normalized spacial score (nSPS) is 12.0. The van der Waals surface area contributed by atoms with Crippen LogP contribution in [0.4, 0.5) is 5.95 Å². The number of anilines is 1. The van der Waals surface area contributed by atoms with Crippen molar-refractivity contribution in [3.63, 3.8) is 0 Å². The number of hydrogen-bond donors (Lipinski definition) is 1. The molecule has 2 aromatic rings. The van der Waals surface area contributed by atoms with E-state index in [-0.39, 0.29) is 0 Å². The van der Waals surface area contributed by atoms with Crippen molar-refractivity contribution >= 4 is 11.9 Å². The molecule has 0 fully saturated rings. The van der Waals surface area contributed by atoms with E-state index in [0.29, 0.717) is 18.1 Å². The van der Waals surface area contributed by atoms with Crippen LogP contribution in [0.15, 0.2) is 36.5 Å². The highest BCUT2D eigenvalue weighted by molar-refractivity contribution is 5.76. The highest BCUT2D eigenvalue weighted by atomic mass is 16.4. The van der Waals surface area contributed by atoms with Crippen LogP contribution >= 0.6 is 0 Å². The summed E-state index contributed by atoms with van der Waals surface area (Å²) in [5.41, 5.74) is 2.67. The minimum Gasteiger partial charge on any atom is -0.481 e. The molecule has 1 aromatic carbocycles. The van der Waals surface area contributed by atoms with Crippen LogP contribution in [-0.2, 0) is 11.2 Å². The summed E-state index contributed by atoms with van der Waals surface area (Å²) in [6.45, 7) is 2.01. The van der Waals surface area contributed by atoms with Crippen molar-refractivity contribution in [1.29, 1.82) is 0 Å². The van der Waals surface area contributed by atoms with Gasteiger partial charge in [0, 0.05) is 20.3 Å². The molecule has 0 amide bonds. The first-order chi connectivity index (χ1) is 9.97. The second kappa shape index (κ2) is 6.35. The van der Waals surface area contributed by atoms with Gasteiger partial charge in [0.1, 0.15) is 5.92 Å². The summed E-state index contributed by atoms with van der Waals surface area (Å²) in [7, 11) is 3.66. The number of benzene rings is 1. The number of carboxylic acids is 1. The van der Waals surface area contributed by atoms with E-state index in [4.69, 9.17) is 0 Å². The van der Waals surface area contributed by atoms with Gasteiger partial charge in [-0.2, -0.15) is 0 Å². The second-order valence-corrected chi connectivity index (χ2v) is 5.26. The van der Waals surface area contributed by atoms with Crippen molar-refractivity contribution in [2.24, 2.45) is 0 Å².